The Balaban J connectivity index is 1.72. The standard InChI is InChI=1S/C31H32O8/c1-31(35)17-23(32)27(29(33)38-18-20-10-6-4-7-11-20)26(22-14-15-24(36-2)25(16-22)37-3)28(31)30(34)39-19-21-12-8-5-9-13-21/h4-16,26-28,35H,17-19H2,1-3H3/t26-,27-,28-,31-/m1/s1. The monoisotopic (exact) mass is 532 g/mol. The van der Waals surface area contributed by atoms with Gasteiger partial charge in [-0.1, -0.05) is 66.7 Å². The lowest BCUT2D eigenvalue weighted by atomic mass is 9.61. The predicted octanol–water partition coefficient (Wildman–Crippen LogP) is 4.23. The topological polar surface area (TPSA) is 108 Å². The molecule has 1 fully saturated rings. The third-order valence-electron chi connectivity index (χ3n) is 7.02. The molecule has 0 aliphatic heterocycles. The van der Waals surface area contributed by atoms with Gasteiger partial charge in [-0.15, -0.1) is 0 Å². The Kier molecular flexibility index (Phi) is 8.66. The van der Waals surface area contributed by atoms with Gasteiger partial charge in [-0.25, -0.2) is 0 Å². The van der Waals surface area contributed by atoms with Gasteiger partial charge in [0.05, 0.1) is 25.7 Å². The minimum absolute atomic E-state index is 0.0258. The molecule has 1 saturated carbocycles. The van der Waals surface area contributed by atoms with E-state index in [1.54, 1.807) is 30.3 Å². The third kappa shape index (κ3) is 6.29. The molecular formula is C31H32O8. The van der Waals surface area contributed by atoms with Crippen molar-refractivity contribution in [2.45, 2.75) is 38.1 Å². The second-order valence-electron chi connectivity index (χ2n) is 9.78. The maximum absolute atomic E-state index is 13.6. The molecule has 0 heterocycles. The highest BCUT2D eigenvalue weighted by atomic mass is 16.5. The molecule has 1 N–H and O–H groups in total. The quantitative estimate of drug-likeness (QED) is 0.322. The molecule has 0 unspecified atom stereocenters. The number of Topliss-reactive ketones (excluding diaryl/α,β-unsaturated/α-hetero) is 1. The van der Waals surface area contributed by atoms with Gasteiger partial charge in [-0.3, -0.25) is 14.4 Å². The fraction of sp³-hybridized carbons (Fsp3) is 0.323. The number of ketones is 1. The summed E-state index contributed by atoms with van der Waals surface area (Å²) in [6.07, 6.45) is -0.410. The summed E-state index contributed by atoms with van der Waals surface area (Å²) in [6, 6.07) is 23.1. The van der Waals surface area contributed by atoms with Crippen LogP contribution in [0, 0.1) is 11.8 Å². The van der Waals surface area contributed by atoms with Crippen molar-refractivity contribution >= 4 is 17.7 Å². The van der Waals surface area contributed by atoms with Gasteiger partial charge >= 0.3 is 11.9 Å². The van der Waals surface area contributed by atoms with Crippen molar-refractivity contribution in [3.8, 4) is 11.5 Å². The van der Waals surface area contributed by atoms with Crippen LogP contribution >= 0.6 is 0 Å². The molecule has 0 spiro atoms. The van der Waals surface area contributed by atoms with Gasteiger partial charge in [0.15, 0.2) is 17.3 Å². The molecule has 0 saturated heterocycles. The minimum Gasteiger partial charge on any atom is -0.493 e. The molecule has 3 aromatic rings. The van der Waals surface area contributed by atoms with E-state index in [4.69, 9.17) is 18.9 Å². The zero-order valence-corrected chi connectivity index (χ0v) is 22.2. The average Bonchev–Trinajstić information content (AvgIpc) is 2.94. The van der Waals surface area contributed by atoms with Gasteiger partial charge in [0, 0.05) is 12.3 Å². The highest BCUT2D eigenvalue weighted by Gasteiger charge is 2.57. The van der Waals surface area contributed by atoms with Crippen LogP contribution in [0.5, 0.6) is 11.5 Å². The van der Waals surface area contributed by atoms with E-state index in [0.717, 1.165) is 11.1 Å². The number of carbonyl (C=O) groups is 3. The van der Waals surface area contributed by atoms with Crippen molar-refractivity contribution in [3.63, 3.8) is 0 Å². The molecule has 4 atom stereocenters. The number of esters is 2. The van der Waals surface area contributed by atoms with Gasteiger partial charge < -0.3 is 24.1 Å². The van der Waals surface area contributed by atoms with Crippen LogP contribution in [0.4, 0.5) is 0 Å². The molecule has 1 aliphatic rings. The number of hydrogen-bond acceptors (Lipinski definition) is 8. The van der Waals surface area contributed by atoms with Gasteiger partial charge in [0.2, 0.25) is 0 Å². The van der Waals surface area contributed by atoms with Crippen molar-refractivity contribution in [3.05, 3.63) is 95.6 Å². The molecule has 1 aliphatic carbocycles. The Morgan fingerprint density at radius 2 is 1.36 bits per heavy atom. The van der Waals surface area contributed by atoms with Crippen molar-refractivity contribution < 1.29 is 38.4 Å². The number of aliphatic hydroxyl groups is 1. The van der Waals surface area contributed by atoms with E-state index in [1.807, 2.05) is 48.5 Å². The van der Waals surface area contributed by atoms with Crippen LogP contribution in [0.25, 0.3) is 0 Å². The molecule has 0 bridgehead atoms. The number of rotatable bonds is 9. The van der Waals surface area contributed by atoms with Crippen molar-refractivity contribution in [2.75, 3.05) is 14.2 Å². The van der Waals surface area contributed by atoms with Crippen molar-refractivity contribution in [1.82, 2.24) is 0 Å². The maximum atomic E-state index is 13.6. The Bertz CT molecular complexity index is 1300. The maximum Gasteiger partial charge on any atom is 0.317 e. The first kappa shape index (κ1) is 27.9. The largest absolute Gasteiger partial charge is 0.493 e. The van der Waals surface area contributed by atoms with Gasteiger partial charge in [0.25, 0.3) is 0 Å². The van der Waals surface area contributed by atoms with E-state index in [-0.39, 0.29) is 13.2 Å². The number of hydrogen-bond donors (Lipinski definition) is 1. The lowest BCUT2D eigenvalue weighted by Crippen LogP contribution is -2.55. The Morgan fingerprint density at radius 1 is 0.821 bits per heavy atom. The van der Waals surface area contributed by atoms with Crippen LogP contribution < -0.4 is 9.47 Å². The van der Waals surface area contributed by atoms with Gasteiger partial charge in [-0.05, 0) is 35.7 Å². The first-order valence-corrected chi connectivity index (χ1v) is 12.6. The highest BCUT2D eigenvalue weighted by molar-refractivity contribution is 6.02. The highest BCUT2D eigenvalue weighted by Crippen LogP contribution is 2.48. The fourth-order valence-corrected chi connectivity index (χ4v) is 5.11. The minimum atomic E-state index is -1.78. The molecule has 0 aromatic heterocycles. The van der Waals surface area contributed by atoms with E-state index in [2.05, 4.69) is 0 Å². The molecule has 39 heavy (non-hydrogen) atoms. The summed E-state index contributed by atoms with van der Waals surface area (Å²) in [4.78, 5) is 40.5. The zero-order chi connectivity index (χ0) is 28.0. The number of ether oxygens (including phenoxy) is 4. The second-order valence-corrected chi connectivity index (χ2v) is 9.78. The predicted molar refractivity (Wildman–Crippen MR) is 142 cm³/mol. The van der Waals surface area contributed by atoms with Crippen molar-refractivity contribution in [2.24, 2.45) is 11.8 Å². The summed E-state index contributed by atoms with van der Waals surface area (Å²) in [5.41, 5.74) is 0.171. The van der Waals surface area contributed by atoms with E-state index in [1.165, 1.54) is 21.1 Å². The Morgan fingerprint density at radius 3 is 1.90 bits per heavy atom. The van der Waals surface area contributed by atoms with E-state index >= 15 is 0 Å². The van der Waals surface area contributed by atoms with E-state index in [0.29, 0.717) is 17.1 Å². The molecule has 0 radical (unpaired) electrons. The Hall–Kier alpha value is -4.17. The lowest BCUT2D eigenvalue weighted by molar-refractivity contribution is -0.174. The molecule has 204 valence electrons. The lowest BCUT2D eigenvalue weighted by Gasteiger charge is -2.43. The van der Waals surface area contributed by atoms with Crippen LogP contribution in [0.1, 0.15) is 36.0 Å². The third-order valence-corrected chi connectivity index (χ3v) is 7.02. The van der Waals surface area contributed by atoms with Gasteiger partial charge in [0.1, 0.15) is 19.1 Å². The van der Waals surface area contributed by atoms with Crippen LogP contribution in [0.3, 0.4) is 0 Å². The van der Waals surface area contributed by atoms with Crippen molar-refractivity contribution in [1.29, 1.82) is 0 Å². The van der Waals surface area contributed by atoms with E-state index < -0.39 is 47.5 Å². The smallest absolute Gasteiger partial charge is 0.317 e. The molecule has 8 nitrogen and oxygen atoms in total. The fourth-order valence-electron chi connectivity index (χ4n) is 5.11. The summed E-state index contributed by atoms with van der Waals surface area (Å²) >= 11 is 0. The van der Waals surface area contributed by atoms with Gasteiger partial charge in [-0.2, -0.15) is 0 Å². The number of benzene rings is 3. The molecule has 4 rings (SSSR count). The first-order chi connectivity index (χ1) is 18.7. The summed E-state index contributed by atoms with van der Waals surface area (Å²) in [5.74, 6) is -4.91. The number of carbonyl (C=O) groups excluding carboxylic acids is 3. The first-order valence-electron chi connectivity index (χ1n) is 12.6. The summed E-state index contributed by atoms with van der Waals surface area (Å²) in [7, 11) is 2.95. The summed E-state index contributed by atoms with van der Waals surface area (Å²) in [6.45, 7) is 1.35. The van der Waals surface area contributed by atoms with Crippen LogP contribution in [-0.2, 0) is 37.1 Å². The molecule has 3 aromatic carbocycles. The Labute approximate surface area is 227 Å². The number of methoxy groups -OCH3 is 2. The SMILES string of the molecule is COc1ccc([C@@H]2[C@H](C(=O)OCc3ccccc3)C(=O)C[C@@](C)(O)[C@H]2C(=O)OCc2ccccc2)cc1OC. The molecule has 8 heteroatoms. The zero-order valence-electron chi connectivity index (χ0n) is 22.2. The summed E-state index contributed by atoms with van der Waals surface area (Å²) < 4.78 is 22.0. The summed E-state index contributed by atoms with van der Waals surface area (Å²) in [5, 5.41) is 11.4. The van der Waals surface area contributed by atoms with E-state index in [9.17, 15) is 19.5 Å². The van der Waals surface area contributed by atoms with Crippen LogP contribution in [0.2, 0.25) is 0 Å². The van der Waals surface area contributed by atoms with Crippen LogP contribution in [-0.4, -0.2) is 42.6 Å². The normalized spacial score (nSPS) is 22.6. The molecule has 0 amide bonds. The van der Waals surface area contributed by atoms with Crippen LogP contribution in [0.15, 0.2) is 78.9 Å². The average molecular weight is 533 g/mol. The second kappa shape index (κ2) is 12.1. The molecular weight excluding hydrogens is 500 g/mol.